The molecule has 1 heterocycles. The molecule has 0 aliphatic rings. The minimum atomic E-state index is 0.223. The lowest BCUT2D eigenvalue weighted by Gasteiger charge is -2.03. The molecular formula is C22H18N4OS. The Hall–Kier alpha value is -3.51. The minimum absolute atomic E-state index is 0.223. The summed E-state index contributed by atoms with van der Waals surface area (Å²) in [4.78, 5) is 9.39. The Balaban J connectivity index is 1.66. The Morgan fingerprint density at radius 2 is 1.75 bits per heavy atom. The Kier molecular flexibility index (Phi) is 5.12. The van der Waals surface area contributed by atoms with Gasteiger partial charge in [-0.05, 0) is 61.0 Å². The van der Waals surface area contributed by atoms with Crippen LogP contribution in [0.2, 0.25) is 0 Å². The van der Waals surface area contributed by atoms with Crippen LogP contribution in [-0.2, 0) is 0 Å². The Labute approximate surface area is 166 Å². The number of rotatable bonds is 4. The number of thiazole rings is 1. The molecule has 138 valence electrons. The van der Waals surface area contributed by atoms with E-state index in [1.54, 1.807) is 41.8 Å². The lowest BCUT2D eigenvalue weighted by molar-refractivity contribution is 0.475. The third-order valence-corrected chi connectivity index (χ3v) is 5.09. The second-order valence-corrected chi connectivity index (χ2v) is 7.27. The molecule has 0 radical (unpaired) electrons. The van der Waals surface area contributed by atoms with E-state index in [1.807, 2.05) is 55.5 Å². The molecule has 0 spiro atoms. The predicted octanol–water partition coefficient (Wildman–Crippen LogP) is 5.01. The van der Waals surface area contributed by atoms with Crippen molar-refractivity contribution in [2.75, 3.05) is 0 Å². The zero-order chi connectivity index (χ0) is 19.3. The van der Waals surface area contributed by atoms with Gasteiger partial charge in [0, 0.05) is 0 Å². The van der Waals surface area contributed by atoms with Gasteiger partial charge in [0.2, 0.25) is 0 Å². The van der Waals surface area contributed by atoms with Crippen LogP contribution < -0.4 is 5.43 Å². The van der Waals surface area contributed by atoms with E-state index in [1.165, 1.54) is 5.56 Å². The number of hydrogen-bond donors (Lipinski definition) is 2. The van der Waals surface area contributed by atoms with E-state index in [9.17, 15) is 5.11 Å². The molecule has 0 aliphatic carbocycles. The van der Waals surface area contributed by atoms with E-state index in [0.29, 0.717) is 5.84 Å². The first-order chi connectivity index (χ1) is 13.7. The number of aliphatic imine (C=N–C) groups is 1. The maximum atomic E-state index is 9.39. The summed E-state index contributed by atoms with van der Waals surface area (Å²) in [5, 5.41) is 14.5. The quantitative estimate of drug-likeness (QED) is 0.294. The zero-order valence-electron chi connectivity index (χ0n) is 15.2. The Morgan fingerprint density at radius 1 is 1.00 bits per heavy atom. The van der Waals surface area contributed by atoms with Crippen molar-refractivity contribution in [3.8, 4) is 5.75 Å². The molecule has 3 aromatic carbocycles. The standard InChI is InChI=1S/C22H18N4OS/c1-15-6-10-17(11-7-15)24-21(22-25-19-4-2-3-5-20(19)28-22)26-23-14-16-8-12-18(27)13-9-16/h2-14,27H,1H3,(H,24,26)/b23-14+. The number of aromatic hydroxyl groups is 1. The van der Waals surface area contributed by atoms with Crippen LogP contribution in [0.1, 0.15) is 16.1 Å². The molecule has 0 amide bonds. The summed E-state index contributed by atoms with van der Waals surface area (Å²) in [6, 6.07) is 22.8. The van der Waals surface area contributed by atoms with Crippen LogP contribution in [0.25, 0.3) is 10.2 Å². The van der Waals surface area contributed by atoms with Gasteiger partial charge < -0.3 is 5.11 Å². The van der Waals surface area contributed by atoms with Crippen molar-refractivity contribution < 1.29 is 5.11 Å². The van der Waals surface area contributed by atoms with Crippen LogP contribution in [0.3, 0.4) is 0 Å². The predicted molar refractivity (Wildman–Crippen MR) is 116 cm³/mol. The first-order valence-corrected chi connectivity index (χ1v) is 9.58. The molecule has 0 unspecified atom stereocenters. The minimum Gasteiger partial charge on any atom is -0.508 e. The monoisotopic (exact) mass is 386 g/mol. The SMILES string of the molecule is Cc1ccc(N=C(N/N=C/c2ccc(O)cc2)c2nc3ccccc3s2)cc1. The fourth-order valence-electron chi connectivity index (χ4n) is 2.57. The normalized spacial score (nSPS) is 12.0. The summed E-state index contributed by atoms with van der Waals surface area (Å²) in [6.45, 7) is 2.04. The molecule has 2 N–H and O–H groups in total. The number of fused-ring (bicyclic) bond motifs is 1. The maximum absolute atomic E-state index is 9.39. The second-order valence-electron chi connectivity index (χ2n) is 6.24. The summed E-state index contributed by atoms with van der Waals surface area (Å²) in [6.07, 6.45) is 1.68. The van der Waals surface area contributed by atoms with Crippen molar-refractivity contribution in [2.24, 2.45) is 10.1 Å². The molecule has 0 saturated heterocycles. The van der Waals surface area contributed by atoms with Gasteiger partial charge in [0.25, 0.3) is 0 Å². The Morgan fingerprint density at radius 3 is 2.50 bits per heavy atom. The van der Waals surface area contributed by atoms with Crippen LogP contribution in [0, 0.1) is 6.92 Å². The lowest BCUT2D eigenvalue weighted by Crippen LogP contribution is -2.18. The first kappa shape index (κ1) is 17.9. The smallest absolute Gasteiger partial charge is 0.183 e. The number of aryl methyl sites for hydroxylation is 1. The molecule has 0 fully saturated rings. The van der Waals surface area contributed by atoms with E-state index in [0.717, 1.165) is 26.5 Å². The third kappa shape index (κ3) is 4.24. The fourth-order valence-corrected chi connectivity index (χ4v) is 3.48. The van der Waals surface area contributed by atoms with E-state index >= 15 is 0 Å². The van der Waals surface area contributed by atoms with Gasteiger partial charge in [-0.1, -0.05) is 29.8 Å². The van der Waals surface area contributed by atoms with Gasteiger partial charge in [-0.2, -0.15) is 5.10 Å². The second kappa shape index (κ2) is 8.02. The van der Waals surface area contributed by atoms with Crippen molar-refractivity contribution in [2.45, 2.75) is 6.92 Å². The van der Waals surface area contributed by atoms with Crippen LogP contribution in [0.5, 0.6) is 5.75 Å². The number of hydrogen-bond acceptors (Lipinski definition) is 5. The number of nitrogens with one attached hydrogen (secondary N) is 1. The molecular weight excluding hydrogens is 368 g/mol. The van der Waals surface area contributed by atoms with Crippen LogP contribution in [0.15, 0.2) is 82.9 Å². The van der Waals surface area contributed by atoms with Crippen molar-refractivity contribution in [3.05, 3.63) is 88.9 Å². The molecule has 6 heteroatoms. The molecule has 4 rings (SSSR count). The van der Waals surface area contributed by atoms with Gasteiger partial charge in [-0.25, -0.2) is 9.98 Å². The molecule has 0 aliphatic heterocycles. The first-order valence-electron chi connectivity index (χ1n) is 8.77. The average Bonchev–Trinajstić information content (AvgIpc) is 3.14. The van der Waals surface area contributed by atoms with Crippen LogP contribution in [0.4, 0.5) is 5.69 Å². The molecule has 0 atom stereocenters. The summed E-state index contributed by atoms with van der Waals surface area (Å²) < 4.78 is 1.10. The summed E-state index contributed by atoms with van der Waals surface area (Å²) in [7, 11) is 0. The number of phenols is 1. The van der Waals surface area contributed by atoms with Crippen molar-refractivity contribution >= 4 is 39.3 Å². The van der Waals surface area contributed by atoms with Gasteiger partial charge in [-0.3, -0.25) is 5.43 Å². The highest BCUT2D eigenvalue weighted by atomic mass is 32.1. The van der Waals surface area contributed by atoms with Gasteiger partial charge >= 0.3 is 0 Å². The highest BCUT2D eigenvalue weighted by Crippen LogP contribution is 2.23. The average molecular weight is 386 g/mol. The topological polar surface area (TPSA) is 69.9 Å². The summed E-state index contributed by atoms with van der Waals surface area (Å²) in [5.74, 6) is 0.807. The van der Waals surface area contributed by atoms with Gasteiger partial charge in [0.05, 0.1) is 22.1 Å². The van der Waals surface area contributed by atoms with E-state index in [2.05, 4.69) is 15.5 Å². The summed E-state index contributed by atoms with van der Waals surface area (Å²) in [5.41, 5.74) is 6.83. The lowest BCUT2D eigenvalue weighted by atomic mass is 10.2. The van der Waals surface area contributed by atoms with Gasteiger partial charge in [-0.15, -0.1) is 11.3 Å². The number of aromatic nitrogens is 1. The summed E-state index contributed by atoms with van der Waals surface area (Å²) >= 11 is 1.56. The maximum Gasteiger partial charge on any atom is 0.183 e. The zero-order valence-corrected chi connectivity index (χ0v) is 16.0. The number of nitrogens with zero attached hydrogens (tertiary/aromatic N) is 3. The number of hydrazone groups is 1. The molecule has 4 aromatic rings. The van der Waals surface area contributed by atoms with E-state index < -0.39 is 0 Å². The number of benzene rings is 3. The number of para-hydroxylation sites is 1. The van der Waals surface area contributed by atoms with Crippen molar-refractivity contribution in [1.29, 1.82) is 0 Å². The van der Waals surface area contributed by atoms with Crippen molar-refractivity contribution in [1.82, 2.24) is 10.4 Å². The molecule has 0 bridgehead atoms. The van der Waals surface area contributed by atoms with Crippen molar-refractivity contribution in [3.63, 3.8) is 0 Å². The largest absolute Gasteiger partial charge is 0.508 e. The highest BCUT2D eigenvalue weighted by molar-refractivity contribution is 7.20. The molecule has 0 saturated carbocycles. The molecule has 5 nitrogen and oxygen atoms in total. The van der Waals surface area contributed by atoms with Crippen LogP contribution in [-0.4, -0.2) is 22.1 Å². The third-order valence-electron chi connectivity index (χ3n) is 4.05. The van der Waals surface area contributed by atoms with Gasteiger partial charge in [0.1, 0.15) is 5.75 Å². The van der Waals surface area contributed by atoms with E-state index in [-0.39, 0.29) is 5.75 Å². The molecule has 28 heavy (non-hydrogen) atoms. The molecule has 1 aromatic heterocycles. The van der Waals surface area contributed by atoms with Gasteiger partial charge in [0.15, 0.2) is 10.8 Å². The van der Waals surface area contributed by atoms with E-state index in [4.69, 9.17) is 4.99 Å². The number of amidine groups is 1. The Bertz CT molecular complexity index is 1110. The highest BCUT2D eigenvalue weighted by Gasteiger charge is 2.10. The van der Waals surface area contributed by atoms with Crippen LogP contribution >= 0.6 is 11.3 Å². The fraction of sp³-hybridized carbons (Fsp3) is 0.0455. The number of phenolic OH excluding ortho intramolecular Hbond substituents is 1.